The molecule has 0 bridgehead atoms. The number of nitrogens with zero attached hydrogens (tertiary/aromatic N) is 2. The fourth-order valence-electron chi connectivity index (χ4n) is 2.77. The molecule has 0 aliphatic heterocycles. The first-order chi connectivity index (χ1) is 13.1. The van der Waals surface area contributed by atoms with Gasteiger partial charge in [-0.15, -0.1) is 6.58 Å². The molecule has 3 rings (SSSR count). The SMILES string of the molecule is C=CCSc1nc2cc(C(=O)OC)ccc2c(=O)n1CCc1ccccc1. The number of hydrogen-bond donors (Lipinski definition) is 0. The molecule has 138 valence electrons. The van der Waals surface area contributed by atoms with Gasteiger partial charge in [-0.25, -0.2) is 9.78 Å². The Hall–Kier alpha value is -2.86. The summed E-state index contributed by atoms with van der Waals surface area (Å²) in [6.45, 7) is 4.27. The Labute approximate surface area is 161 Å². The third-order valence-corrected chi connectivity index (χ3v) is 5.11. The first-order valence-corrected chi connectivity index (χ1v) is 9.53. The van der Waals surface area contributed by atoms with Crippen molar-refractivity contribution in [3.05, 3.63) is 82.7 Å². The van der Waals surface area contributed by atoms with Gasteiger partial charge in [-0.2, -0.15) is 0 Å². The van der Waals surface area contributed by atoms with Crippen molar-refractivity contribution in [2.75, 3.05) is 12.9 Å². The van der Waals surface area contributed by atoms with Crippen molar-refractivity contribution in [2.24, 2.45) is 0 Å². The van der Waals surface area contributed by atoms with Crippen molar-refractivity contribution < 1.29 is 9.53 Å². The molecular weight excluding hydrogens is 360 g/mol. The summed E-state index contributed by atoms with van der Waals surface area (Å²) in [5.74, 6) is 0.187. The van der Waals surface area contributed by atoms with Crippen molar-refractivity contribution in [3.8, 4) is 0 Å². The third-order valence-electron chi connectivity index (χ3n) is 4.14. The van der Waals surface area contributed by atoms with Crippen LogP contribution < -0.4 is 5.56 Å². The highest BCUT2D eigenvalue weighted by molar-refractivity contribution is 7.99. The quantitative estimate of drug-likeness (QED) is 0.271. The molecule has 3 aromatic rings. The summed E-state index contributed by atoms with van der Waals surface area (Å²) >= 11 is 1.45. The number of ether oxygens (including phenoxy) is 1. The molecular formula is C21H20N2O3S. The molecule has 0 N–H and O–H groups in total. The zero-order valence-electron chi connectivity index (χ0n) is 15.1. The molecule has 0 fully saturated rings. The van der Waals surface area contributed by atoms with Gasteiger partial charge in [-0.05, 0) is 30.2 Å². The van der Waals surface area contributed by atoms with Crippen LogP contribution in [0.4, 0.5) is 0 Å². The Morgan fingerprint density at radius 2 is 2.04 bits per heavy atom. The van der Waals surface area contributed by atoms with E-state index in [1.165, 1.54) is 18.9 Å². The molecule has 0 spiro atoms. The van der Waals surface area contributed by atoms with Gasteiger partial charge in [-0.1, -0.05) is 48.2 Å². The maximum atomic E-state index is 13.1. The van der Waals surface area contributed by atoms with Gasteiger partial charge in [0.15, 0.2) is 5.16 Å². The molecule has 1 aromatic heterocycles. The largest absolute Gasteiger partial charge is 0.465 e. The van der Waals surface area contributed by atoms with Crippen LogP contribution in [0.3, 0.4) is 0 Å². The number of thioether (sulfide) groups is 1. The van der Waals surface area contributed by atoms with Crippen LogP contribution in [0.5, 0.6) is 0 Å². The number of fused-ring (bicyclic) bond motifs is 1. The van der Waals surface area contributed by atoms with E-state index in [1.807, 2.05) is 30.3 Å². The monoisotopic (exact) mass is 380 g/mol. The lowest BCUT2D eigenvalue weighted by Crippen LogP contribution is -2.24. The average Bonchev–Trinajstić information content (AvgIpc) is 2.71. The molecule has 2 aromatic carbocycles. The Bertz CT molecular complexity index is 1030. The van der Waals surface area contributed by atoms with Crippen LogP contribution in [0.15, 0.2) is 71.1 Å². The number of rotatable bonds is 7. The number of hydrogen-bond acceptors (Lipinski definition) is 5. The molecule has 0 aliphatic rings. The van der Waals surface area contributed by atoms with Crippen LogP contribution in [0.2, 0.25) is 0 Å². The molecule has 0 atom stereocenters. The minimum absolute atomic E-state index is 0.112. The number of aryl methyl sites for hydroxylation is 1. The first kappa shape index (κ1) is 18.9. The lowest BCUT2D eigenvalue weighted by atomic mass is 10.1. The molecule has 6 heteroatoms. The van der Waals surface area contributed by atoms with Crippen LogP contribution in [-0.2, 0) is 17.7 Å². The highest BCUT2D eigenvalue weighted by Gasteiger charge is 2.14. The van der Waals surface area contributed by atoms with Crippen LogP contribution in [0.25, 0.3) is 10.9 Å². The lowest BCUT2D eigenvalue weighted by molar-refractivity contribution is 0.0601. The standard InChI is InChI=1S/C21H20N2O3S/c1-3-13-27-21-22-18-14-16(20(25)26-2)9-10-17(18)19(24)23(21)12-11-15-7-5-4-6-8-15/h3-10,14H,1,11-13H2,2H3. The Kier molecular flexibility index (Phi) is 6.08. The normalized spacial score (nSPS) is 10.7. The Balaban J connectivity index is 2.04. The van der Waals surface area contributed by atoms with E-state index < -0.39 is 5.97 Å². The van der Waals surface area contributed by atoms with Crippen molar-refractivity contribution in [3.63, 3.8) is 0 Å². The number of carbonyl (C=O) groups excluding carboxylic acids is 1. The predicted molar refractivity (Wildman–Crippen MR) is 108 cm³/mol. The van der Waals surface area contributed by atoms with Gasteiger partial charge in [0, 0.05) is 12.3 Å². The molecule has 0 unspecified atom stereocenters. The van der Waals surface area contributed by atoms with Crippen LogP contribution in [-0.4, -0.2) is 28.4 Å². The van der Waals surface area contributed by atoms with Crippen molar-refractivity contribution in [1.29, 1.82) is 0 Å². The topological polar surface area (TPSA) is 61.2 Å². The van der Waals surface area contributed by atoms with E-state index in [-0.39, 0.29) is 5.56 Å². The molecule has 0 radical (unpaired) electrons. The fraction of sp³-hybridized carbons (Fsp3) is 0.190. The van der Waals surface area contributed by atoms with Crippen LogP contribution in [0.1, 0.15) is 15.9 Å². The summed E-state index contributed by atoms with van der Waals surface area (Å²) in [6, 6.07) is 14.8. The number of aromatic nitrogens is 2. The maximum absolute atomic E-state index is 13.1. The number of carbonyl (C=O) groups is 1. The van der Waals surface area contributed by atoms with Crippen LogP contribution >= 0.6 is 11.8 Å². The summed E-state index contributed by atoms with van der Waals surface area (Å²) in [4.78, 5) is 29.5. The van der Waals surface area contributed by atoms with E-state index in [0.29, 0.717) is 33.9 Å². The smallest absolute Gasteiger partial charge is 0.337 e. The summed E-state index contributed by atoms with van der Waals surface area (Å²) in [7, 11) is 1.33. The van der Waals surface area contributed by atoms with E-state index in [1.54, 1.807) is 28.8 Å². The number of benzene rings is 2. The summed E-state index contributed by atoms with van der Waals surface area (Å²) in [5, 5.41) is 1.10. The lowest BCUT2D eigenvalue weighted by Gasteiger charge is -2.13. The van der Waals surface area contributed by atoms with Crippen molar-refractivity contribution >= 4 is 28.6 Å². The van der Waals surface area contributed by atoms with Gasteiger partial charge in [0.2, 0.25) is 0 Å². The molecule has 1 heterocycles. The highest BCUT2D eigenvalue weighted by Crippen LogP contribution is 2.20. The zero-order valence-corrected chi connectivity index (χ0v) is 15.9. The molecule has 27 heavy (non-hydrogen) atoms. The molecule has 0 amide bonds. The second kappa shape index (κ2) is 8.68. The van der Waals surface area contributed by atoms with Gasteiger partial charge in [0.25, 0.3) is 5.56 Å². The van der Waals surface area contributed by atoms with Crippen molar-refractivity contribution in [2.45, 2.75) is 18.1 Å². The van der Waals surface area contributed by atoms with E-state index in [0.717, 1.165) is 12.0 Å². The van der Waals surface area contributed by atoms with Gasteiger partial charge in [0.1, 0.15) is 0 Å². The maximum Gasteiger partial charge on any atom is 0.337 e. The second-order valence-electron chi connectivity index (χ2n) is 5.91. The fourth-order valence-corrected chi connectivity index (χ4v) is 3.53. The first-order valence-electron chi connectivity index (χ1n) is 8.54. The third kappa shape index (κ3) is 4.28. The number of esters is 1. The van der Waals surface area contributed by atoms with Gasteiger partial charge >= 0.3 is 5.97 Å². The number of methoxy groups -OCH3 is 1. The molecule has 0 saturated heterocycles. The molecule has 5 nitrogen and oxygen atoms in total. The highest BCUT2D eigenvalue weighted by atomic mass is 32.2. The predicted octanol–water partition coefficient (Wildman–Crippen LogP) is 3.70. The van der Waals surface area contributed by atoms with E-state index >= 15 is 0 Å². The minimum Gasteiger partial charge on any atom is -0.465 e. The zero-order chi connectivity index (χ0) is 19.2. The summed E-state index contributed by atoms with van der Waals surface area (Å²) in [6.07, 6.45) is 2.50. The van der Waals surface area contributed by atoms with Crippen molar-refractivity contribution in [1.82, 2.24) is 9.55 Å². The Morgan fingerprint density at radius 3 is 2.74 bits per heavy atom. The second-order valence-corrected chi connectivity index (χ2v) is 6.90. The summed E-state index contributed by atoms with van der Waals surface area (Å²) < 4.78 is 6.45. The average molecular weight is 380 g/mol. The Morgan fingerprint density at radius 1 is 1.26 bits per heavy atom. The van der Waals surface area contributed by atoms with E-state index in [9.17, 15) is 9.59 Å². The van der Waals surface area contributed by atoms with Crippen LogP contribution in [0, 0.1) is 0 Å². The van der Waals surface area contributed by atoms with E-state index in [2.05, 4.69) is 11.6 Å². The van der Waals surface area contributed by atoms with Gasteiger partial charge in [0.05, 0.1) is 23.6 Å². The van der Waals surface area contributed by atoms with Gasteiger partial charge in [-0.3, -0.25) is 9.36 Å². The molecule has 0 aliphatic carbocycles. The molecule has 0 saturated carbocycles. The van der Waals surface area contributed by atoms with Gasteiger partial charge < -0.3 is 4.74 Å². The minimum atomic E-state index is -0.452. The van der Waals surface area contributed by atoms with E-state index in [4.69, 9.17) is 4.74 Å². The summed E-state index contributed by atoms with van der Waals surface area (Å²) in [5.41, 5.74) is 1.91.